The van der Waals surface area contributed by atoms with Gasteiger partial charge in [-0.1, -0.05) is 11.6 Å². The third kappa shape index (κ3) is 2.66. The van der Waals surface area contributed by atoms with E-state index in [1.165, 1.54) is 0 Å². The normalized spacial score (nSPS) is 11.3. The van der Waals surface area contributed by atoms with Crippen LogP contribution < -0.4 is 4.90 Å². The third-order valence-electron chi connectivity index (χ3n) is 2.50. The van der Waals surface area contributed by atoms with Crippen LogP contribution in [-0.2, 0) is 0 Å². The molecule has 0 aliphatic carbocycles. The fourth-order valence-corrected chi connectivity index (χ4v) is 1.68. The van der Waals surface area contributed by atoms with Crippen LogP contribution in [0.3, 0.4) is 0 Å². The van der Waals surface area contributed by atoms with Gasteiger partial charge in [-0.15, -0.1) is 0 Å². The van der Waals surface area contributed by atoms with Gasteiger partial charge in [0.25, 0.3) is 0 Å². The maximum absolute atomic E-state index is 8.72. The van der Waals surface area contributed by atoms with Crippen molar-refractivity contribution in [2.75, 3.05) is 11.9 Å². The maximum Gasteiger partial charge on any atom is 0.0992 e. The Kier molecular flexibility index (Phi) is 4.17. The van der Waals surface area contributed by atoms with Crippen LogP contribution in [0, 0.1) is 22.7 Å². The monoisotopic (exact) mass is 233 g/mol. The van der Waals surface area contributed by atoms with Crippen molar-refractivity contribution in [1.29, 1.82) is 10.5 Å². The van der Waals surface area contributed by atoms with Gasteiger partial charge in [0, 0.05) is 13.1 Å². The Bertz CT molecular complexity index is 456. The topological polar surface area (TPSA) is 50.8 Å². The van der Waals surface area contributed by atoms with Gasteiger partial charge in [-0.25, -0.2) is 0 Å². The Balaban J connectivity index is 2.97. The zero-order valence-corrected chi connectivity index (χ0v) is 9.99. The van der Waals surface area contributed by atoms with E-state index in [1.807, 2.05) is 24.9 Å². The largest absolute Gasteiger partial charge is 0.370 e. The Morgan fingerprint density at radius 2 is 2.12 bits per heavy atom. The number of anilines is 1. The first-order valence-electron chi connectivity index (χ1n) is 4.89. The highest BCUT2D eigenvalue weighted by Crippen LogP contribution is 2.27. The summed E-state index contributed by atoms with van der Waals surface area (Å²) < 4.78 is 0. The third-order valence-corrected chi connectivity index (χ3v) is 2.81. The average Bonchev–Trinajstić information content (AvgIpc) is 2.28. The molecule has 1 rings (SSSR count). The highest BCUT2D eigenvalue weighted by atomic mass is 35.5. The number of halogens is 1. The molecule has 0 bridgehead atoms. The molecule has 0 N–H and O–H groups in total. The second-order valence-electron chi connectivity index (χ2n) is 3.60. The standard InChI is InChI=1S/C12H12ClN3/c1-9(5-6-14)16(2)12-4-3-10(8-15)7-11(12)13/h3-4,7,9H,5H2,1-2H3. The second-order valence-corrected chi connectivity index (χ2v) is 4.01. The first-order valence-corrected chi connectivity index (χ1v) is 5.27. The fourth-order valence-electron chi connectivity index (χ4n) is 1.37. The zero-order chi connectivity index (χ0) is 12.1. The minimum Gasteiger partial charge on any atom is -0.370 e. The van der Waals surface area contributed by atoms with Crippen molar-refractivity contribution in [3.8, 4) is 12.1 Å². The van der Waals surface area contributed by atoms with Gasteiger partial charge in [0.2, 0.25) is 0 Å². The molecule has 0 aliphatic rings. The van der Waals surface area contributed by atoms with Crippen molar-refractivity contribution in [3.63, 3.8) is 0 Å². The van der Waals surface area contributed by atoms with E-state index >= 15 is 0 Å². The van der Waals surface area contributed by atoms with E-state index in [0.717, 1.165) is 5.69 Å². The molecular weight excluding hydrogens is 222 g/mol. The minimum absolute atomic E-state index is 0.0930. The van der Waals surface area contributed by atoms with Crippen molar-refractivity contribution in [2.45, 2.75) is 19.4 Å². The molecule has 1 aromatic rings. The molecule has 0 radical (unpaired) electrons. The number of benzene rings is 1. The van der Waals surface area contributed by atoms with Gasteiger partial charge in [0.15, 0.2) is 0 Å². The van der Waals surface area contributed by atoms with E-state index in [9.17, 15) is 0 Å². The molecule has 0 amide bonds. The molecule has 0 aliphatic heterocycles. The summed E-state index contributed by atoms with van der Waals surface area (Å²) in [5.74, 6) is 0. The van der Waals surface area contributed by atoms with Crippen LogP contribution in [0.1, 0.15) is 18.9 Å². The van der Waals surface area contributed by atoms with Crippen molar-refractivity contribution < 1.29 is 0 Å². The molecule has 1 aromatic carbocycles. The van der Waals surface area contributed by atoms with E-state index in [4.69, 9.17) is 22.1 Å². The molecule has 0 saturated carbocycles. The van der Waals surface area contributed by atoms with Crippen molar-refractivity contribution in [3.05, 3.63) is 28.8 Å². The van der Waals surface area contributed by atoms with Crippen molar-refractivity contribution >= 4 is 17.3 Å². The van der Waals surface area contributed by atoms with Gasteiger partial charge in [0.05, 0.1) is 34.8 Å². The summed E-state index contributed by atoms with van der Waals surface area (Å²) in [5.41, 5.74) is 1.37. The van der Waals surface area contributed by atoms with Crippen LogP contribution in [0.5, 0.6) is 0 Å². The molecule has 16 heavy (non-hydrogen) atoms. The SMILES string of the molecule is CC(CC#N)N(C)c1ccc(C#N)cc1Cl. The van der Waals surface area contributed by atoms with Crippen LogP contribution in [0.25, 0.3) is 0 Å². The predicted octanol–water partition coefficient (Wildman–Crippen LogP) is 2.95. The zero-order valence-electron chi connectivity index (χ0n) is 9.24. The summed E-state index contributed by atoms with van der Waals surface area (Å²) in [5, 5.41) is 17.9. The van der Waals surface area contributed by atoms with E-state index in [2.05, 4.69) is 6.07 Å². The number of nitriles is 2. The molecule has 3 nitrogen and oxygen atoms in total. The average molecular weight is 234 g/mol. The first-order chi connectivity index (χ1) is 7.60. The van der Waals surface area contributed by atoms with Crippen LogP contribution in [0.15, 0.2) is 18.2 Å². The highest BCUT2D eigenvalue weighted by Gasteiger charge is 2.12. The molecule has 4 heteroatoms. The van der Waals surface area contributed by atoms with Crippen LogP contribution in [-0.4, -0.2) is 13.1 Å². The van der Waals surface area contributed by atoms with E-state index in [-0.39, 0.29) is 6.04 Å². The molecule has 0 heterocycles. The molecule has 1 unspecified atom stereocenters. The van der Waals surface area contributed by atoms with E-state index in [0.29, 0.717) is 17.0 Å². The van der Waals surface area contributed by atoms with Crippen LogP contribution in [0.2, 0.25) is 5.02 Å². The van der Waals surface area contributed by atoms with E-state index < -0.39 is 0 Å². The van der Waals surface area contributed by atoms with Gasteiger partial charge in [-0.2, -0.15) is 10.5 Å². The first kappa shape index (κ1) is 12.4. The Morgan fingerprint density at radius 1 is 1.44 bits per heavy atom. The van der Waals surface area contributed by atoms with Gasteiger partial charge in [-0.3, -0.25) is 0 Å². The summed E-state index contributed by atoms with van der Waals surface area (Å²) >= 11 is 6.07. The summed E-state index contributed by atoms with van der Waals surface area (Å²) in [6, 6.07) is 9.40. The summed E-state index contributed by atoms with van der Waals surface area (Å²) in [6.07, 6.45) is 0.437. The Labute approximate surface area is 100 Å². The lowest BCUT2D eigenvalue weighted by molar-refractivity contribution is 0.703. The van der Waals surface area contributed by atoms with Gasteiger partial charge in [-0.05, 0) is 25.1 Å². The molecule has 0 fully saturated rings. The van der Waals surface area contributed by atoms with E-state index in [1.54, 1.807) is 18.2 Å². The lowest BCUT2D eigenvalue weighted by Crippen LogP contribution is -2.28. The summed E-state index contributed by atoms with van der Waals surface area (Å²) in [7, 11) is 1.88. The smallest absolute Gasteiger partial charge is 0.0992 e. The number of rotatable bonds is 3. The molecule has 0 aromatic heterocycles. The fraction of sp³-hybridized carbons (Fsp3) is 0.333. The Morgan fingerprint density at radius 3 is 2.62 bits per heavy atom. The second kappa shape index (κ2) is 5.39. The molecular formula is C12H12ClN3. The van der Waals surface area contributed by atoms with Gasteiger partial charge >= 0.3 is 0 Å². The van der Waals surface area contributed by atoms with Crippen LogP contribution in [0.4, 0.5) is 5.69 Å². The number of hydrogen-bond acceptors (Lipinski definition) is 3. The summed E-state index contributed by atoms with van der Waals surface area (Å²) in [4.78, 5) is 1.94. The lowest BCUT2D eigenvalue weighted by Gasteiger charge is -2.26. The highest BCUT2D eigenvalue weighted by molar-refractivity contribution is 6.33. The maximum atomic E-state index is 8.72. The molecule has 0 spiro atoms. The summed E-state index contributed by atoms with van der Waals surface area (Å²) in [6.45, 7) is 1.96. The molecule has 1 atom stereocenters. The molecule has 0 saturated heterocycles. The predicted molar refractivity (Wildman–Crippen MR) is 64.3 cm³/mol. The lowest BCUT2D eigenvalue weighted by atomic mass is 10.1. The number of hydrogen-bond donors (Lipinski definition) is 0. The van der Waals surface area contributed by atoms with Crippen molar-refractivity contribution in [1.82, 2.24) is 0 Å². The van der Waals surface area contributed by atoms with Crippen LogP contribution >= 0.6 is 11.6 Å². The minimum atomic E-state index is 0.0930. The Hall–Kier alpha value is -1.71. The van der Waals surface area contributed by atoms with Gasteiger partial charge in [0.1, 0.15) is 0 Å². The number of nitrogens with zero attached hydrogens (tertiary/aromatic N) is 3. The quantitative estimate of drug-likeness (QED) is 0.807. The van der Waals surface area contributed by atoms with Crippen molar-refractivity contribution in [2.24, 2.45) is 0 Å². The molecule has 82 valence electrons. The van der Waals surface area contributed by atoms with Gasteiger partial charge < -0.3 is 4.90 Å².